The number of carboxylic acids is 1. The third-order valence-electron chi connectivity index (χ3n) is 4.05. The molecule has 0 saturated heterocycles. The van der Waals surface area contributed by atoms with Gasteiger partial charge in [-0.3, -0.25) is 4.98 Å². The van der Waals surface area contributed by atoms with Crippen LogP contribution in [0.5, 0.6) is 0 Å². The van der Waals surface area contributed by atoms with Crippen LogP contribution in [0.15, 0.2) is 18.5 Å². The Kier molecular flexibility index (Phi) is 4.99. The fourth-order valence-electron chi connectivity index (χ4n) is 2.91. The molecule has 0 aliphatic heterocycles. The van der Waals surface area contributed by atoms with E-state index < -0.39 is 5.97 Å². The van der Waals surface area contributed by atoms with Gasteiger partial charge in [-0.05, 0) is 31.2 Å². The zero-order valence-electron chi connectivity index (χ0n) is 12.4. The molecular weight excluding hydrogens is 252 g/mol. The molecule has 0 atom stereocenters. The molecule has 1 heterocycles. The minimum atomic E-state index is -0.866. The molecule has 20 heavy (non-hydrogen) atoms. The maximum atomic E-state index is 11.4. The molecule has 0 unspecified atom stereocenters. The summed E-state index contributed by atoms with van der Waals surface area (Å²) < 4.78 is 0. The first kappa shape index (κ1) is 14.8. The minimum Gasteiger partial charge on any atom is -0.478 e. The van der Waals surface area contributed by atoms with Crippen molar-refractivity contribution in [2.45, 2.75) is 52.0 Å². The Bertz CT molecular complexity index is 454. The van der Waals surface area contributed by atoms with Crippen LogP contribution in [0, 0.1) is 5.92 Å². The first-order valence-corrected chi connectivity index (χ1v) is 7.53. The highest BCUT2D eigenvalue weighted by Crippen LogP contribution is 2.30. The summed E-state index contributed by atoms with van der Waals surface area (Å²) in [4.78, 5) is 17.8. The molecule has 1 aromatic heterocycles. The van der Waals surface area contributed by atoms with Gasteiger partial charge in [-0.1, -0.05) is 26.7 Å². The molecule has 1 N–H and O–H groups in total. The number of rotatable bonds is 6. The van der Waals surface area contributed by atoms with Crippen LogP contribution < -0.4 is 4.90 Å². The average Bonchev–Trinajstić information content (AvgIpc) is 2.93. The number of hydrogen-bond acceptors (Lipinski definition) is 3. The van der Waals surface area contributed by atoms with E-state index >= 15 is 0 Å². The van der Waals surface area contributed by atoms with Gasteiger partial charge in [0.25, 0.3) is 0 Å². The lowest BCUT2D eigenvalue weighted by molar-refractivity contribution is 0.0697. The lowest BCUT2D eigenvalue weighted by Gasteiger charge is -2.32. The van der Waals surface area contributed by atoms with E-state index in [0.717, 1.165) is 31.5 Å². The first-order chi connectivity index (χ1) is 9.59. The molecule has 1 fully saturated rings. The molecule has 0 spiro atoms. The third-order valence-corrected chi connectivity index (χ3v) is 4.05. The molecule has 1 aliphatic carbocycles. The highest BCUT2D eigenvalue weighted by atomic mass is 16.4. The van der Waals surface area contributed by atoms with Crippen LogP contribution in [0.3, 0.4) is 0 Å². The number of pyridine rings is 1. The van der Waals surface area contributed by atoms with Gasteiger partial charge in [-0.15, -0.1) is 0 Å². The predicted octanol–water partition coefficient (Wildman–Crippen LogP) is 3.57. The zero-order chi connectivity index (χ0) is 14.5. The first-order valence-electron chi connectivity index (χ1n) is 7.53. The number of aromatic carboxylic acids is 1. The Balaban J connectivity index is 2.27. The largest absolute Gasteiger partial charge is 0.478 e. The van der Waals surface area contributed by atoms with Gasteiger partial charge < -0.3 is 10.0 Å². The molecule has 110 valence electrons. The van der Waals surface area contributed by atoms with Crippen molar-refractivity contribution < 1.29 is 9.90 Å². The highest BCUT2D eigenvalue weighted by Gasteiger charge is 2.26. The van der Waals surface area contributed by atoms with Crippen molar-refractivity contribution >= 4 is 11.7 Å². The molecular formula is C16H24N2O2. The minimum absolute atomic E-state index is 0.371. The van der Waals surface area contributed by atoms with Gasteiger partial charge in [0.15, 0.2) is 0 Å². The van der Waals surface area contributed by atoms with E-state index in [1.165, 1.54) is 12.8 Å². The number of carbonyl (C=O) groups is 1. The second-order valence-corrected chi connectivity index (χ2v) is 6.01. The standard InChI is InChI=1S/C16H24N2O2/c1-12(2)8-10-18(13-5-3-4-6-13)15-11-17-9-7-14(15)16(19)20/h7,9,11-13H,3-6,8,10H2,1-2H3,(H,19,20). The van der Waals surface area contributed by atoms with Gasteiger partial charge in [0, 0.05) is 18.8 Å². The summed E-state index contributed by atoms with van der Waals surface area (Å²) in [7, 11) is 0. The van der Waals surface area contributed by atoms with Crippen LogP contribution in [0.25, 0.3) is 0 Å². The molecule has 4 heteroatoms. The SMILES string of the molecule is CC(C)CCN(c1cnccc1C(=O)O)C1CCCC1. The van der Waals surface area contributed by atoms with E-state index in [9.17, 15) is 9.90 Å². The smallest absolute Gasteiger partial charge is 0.337 e. The van der Waals surface area contributed by atoms with E-state index in [-0.39, 0.29) is 0 Å². The second kappa shape index (κ2) is 6.73. The Morgan fingerprint density at radius 2 is 2.15 bits per heavy atom. The summed E-state index contributed by atoms with van der Waals surface area (Å²) in [6, 6.07) is 2.07. The molecule has 0 radical (unpaired) electrons. The van der Waals surface area contributed by atoms with Crippen molar-refractivity contribution in [3.8, 4) is 0 Å². The molecule has 1 aliphatic rings. The summed E-state index contributed by atoms with van der Waals surface area (Å²) in [5, 5.41) is 9.38. The van der Waals surface area contributed by atoms with Gasteiger partial charge in [-0.25, -0.2) is 4.79 Å². The maximum absolute atomic E-state index is 11.4. The van der Waals surface area contributed by atoms with E-state index in [4.69, 9.17) is 0 Å². The lowest BCUT2D eigenvalue weighted by atomic mass is 10.1. The van der Waals surface area contributed by atoms with Crippen molar-refractivity contribution in [2.75, 3.05) is 11.4 Å². The summed E-state index contributed by atoms with van der Waals surface area (Å²) >= 11 is 0. The van der Waals surface area contributed by atoms with E-state index in [0.29, 0.717) is 17.5 Å². The van der Waals surface area contributed by atoms with Crippen molar-refractivity contribution in [1.29, 1.82) is 0 Å². The normalized spacial score (nSPS) is 15.8. The number of carboxylic acid groups (broad SMARTS) is 1. The number of hydrogen-bond donors (Lipinski definition) is 1. The van der Waals surface area contributed by atoms with Crippen molar-refractivity contribution in [2.24, 2.45) is 5.92 Å². The maximum Gasteiger partial charge on any atom is 0.337 e. The van der Waals surface area contributed by atoms with Crippen LogP contribution >= 0.6 is 0 Å². The summed E-state index contributed by atoms with van der Waals surface area (Å²) in [5.41, 5.74) is 1.16. The fraction of sp³-hybridized carbons (Fsp3) is 0.625. The Morgan fingerprint density at radius 3 is 2.75 bits per heavy atom. The molecule has 1 aromatic rings. The van der Waals surface area contributed by atoms with Gasteiger partial charge in [0.2, 0.25) is 0 Å². The lowest BCUT2D eigenvalue weighted by Crippen LogP contribution is -2.36. The number of aromatic nitrogens is 1. The Labute approximate surface area is 120 Å². The van der Waals surface area contributed by atoms with E-state index in [1.54, 1.807) is 18.5 Å². The zero-order valence-corrected chi connectivity index (χ0v) is 12.4. The summed E-state index contributed by atoms with van der Waals surface area (Å²) in [6.45, 7) is 5.32. The molecule has 0 amide bonds. The average molecular weight is 276 g/mol. The van der Waals surface area contributed by atoms with Crippen molar-refractivity contribution in [3.63, 3.8) is 0 Å². The van der Waals surface area contributed by atoms with Crippen LogP contribution in [-0.4, -0.2) is 28.6 Å². The van der Waals surface area contributed by atoms with Crippen molar-refractivity contribution in [3.05, 3.63) is 24.0 Å². The van der Waals surface area contributed by atoms with Crippen LogP contribution in [0.1, 0.15) is 56.3 Å². The van der Waals surface area contributed by atoms with Crippen LogP contribution in [0.2, 0.25) is 0 Å². The van der Waals surface area contributed by atoms with Gasteiger partial charge in [0.1, 0.15) is 0 Å². The monoisotopic (exact) mass is 276 g/mol. The quantitative estimate of drug-likeness (QED) is 0.863. The Hall–Kier alpha value is -1.58. The summed E-state index contributed by atoms with van der Waals surface area (Å²) in [6.07, 6.45) is 9.14. The molecule has 4 nitrogen and oxygen atoms in total. The molecule has 0 aromatic carbocycles. The van der Waals surface area contributed by atoms with Crippen LogP contribution in [-0.2, 0) is 0 Å². The second-order valence-electron chi connectivity index (χ2n) is 6.01. The third kappa shape index (κ3) is 3.50. The molecule has 2 rings (SSSR count). The molecule has 1 saturated carbocycles. The van der Waals surface area contributed by atoms with Gasteiger partial charge in [-0.2, -0.15) is 0 Å². The number of anilines is 1. The van der Waals surface area contributed by atoms with Gasteiger partial charge >= 0.3 is 5.97 Å². The Morgan fingerprint density at radius 1 is 1.45 bits per heavy atom. The van der Waals surface area contributed by atoms with E-state index in [1.807, 2.05) is 0 Å². The van der Waals surface area contributed by atoms with Gasteiger partial charge in [0.05, 0.1) is 17.4 Å². The molecule has 0 bridgehead atoms. The highest BCUT2D eigenvalue weighted by molar-refractivity contribution is 5.94. The van der Waals surface area contributed by atoms with Crippen molar-refractivity contribution in [1.82, 2.24) is 4.98 Å². The van der Waals surface area contributed by atoms with Crippen LogP contribution in [0.4, 0.5) is 5.69 Å². The van der Waals surface area contributed by atoms with E-state index in [2.05, 4.69) is 23.7 Å². The fourth-order valence-corrected chi connectivity index (χ4v) is 2.91. The number of nitrogens with zero attached hydrogens (tertiary/aromatic N) is 2. The topological polar surface area (TPSA) is 53.4 Å². The predicted molar refractivity (Wildman–Crippen MR) is 80.3 cm³/mol. The summed E-state index contributed by atoms with van der Waals surface area (Å²) in [5.74, 6) is -0.251.